The zero-order chi connectivity index (χ0) is 18.5. The average molecular weight is 350 g/mol. The van der Waals surface area contributed by atoms with E-state index in [4.69, 9.17) is 0 Å². The fourth-order valence-electron chi connectivity index (χ4n) is 4.99. The lowest BCUT2D eigenvalue weighted by Crippen LogP contribution is -2.55. The third-order valence-corrected chi connectivity index (χ3v) is 7.09. The molecule has 0 radical (unpaired) electrons. The minimum Gasteiger partial charge on any atom is -0.380 e. The van der Waals surface area contributed by atoms with Crippen LogP contribution in [0, 0.1) is 39.5 Å². The first-order valence-corrected chi connectivity index (χ1v) is 10.00. The minimum atomic E-state index is -0.916. The first-order chi connectivity index (χ1) is 12.4. The lowest BCUT2D eigenvalue weighted by atomic mass is 9.65. The van der Waals surface area contributed by atoms with Crippen molar-refractivity contribution in [1.29, 1.82) is 0 Å². The van der Waals surface area contributed by atoms with Crippen LogP contribution in [0.2, 0.25) is 0 Å². The van der Waals surface area contributed by atoms with E-state index in [1.807, 2.05) is 0 Å². The number of aliphatic hydroxyl groups is 1. The van der Waals surface area contributed by atoms with E-state index in [-0.39, 0.29) is 5.92 Å². The summed E-state index contributed by atoms with van der Waals surface area (Å²) >= 11 is 0. The maximum atomic E-state index is 12.3. The second-order valence-corrected chi connectivity index (χ2v) is 8.61. The van der Waals surface area contributed by atoms with Gasteiger partial charge in [0.2, 0.25) is 0 Å². The third kappa shape index (κ3) is 2.80. The summed E-state index contributed by atoms with van der Waals surface area (Å²) in [6.07, 6.45) is 2.42. The Hall–Kier alpha value is -1.64. The molecule has 0 unspecified atom stereocenters. The van der Waals surface area contributed by atoms with E-state index in [2.05, 4.69) is 69.0 Å². The molecule has 0 amide bonds. The number of rotatable bonds is 3. The van der Waals surface area contributed by atoms with Gasteiger partial charge in [-0.15, -0.1) is 0 Å². The lowest BCUT2D eigenvalue weighted by Gasteiger charge is -2.51. The van der Waals surface area contributed by atoms with Crippen LogP contribution in [-0.2, 0) is 5.60 Å². The fourth-order valence-corrected chi connectivity index (χ4v) is 4.99. The molecule has 0 aromatic heterocycles. The van der Waals surface area contributed by atoms with Gasteiger partial charge in [0.1, 0.15) is 5.60 Å². The Labute approximate surface area is 157 Å². The monoisotopic (exact) mass is 349 g/mol. The van der Waals surface area contributed by atoms with Crippen LogP contribution >= 0.6 is 0 Å². The van der Waals surface area contributed by atoms with Gasteiger partial charge in [-0.2, -0.15) is 0 Å². The molecule has 3 aliphatic heterocycles. The number of benzene rings is 2. The first-order valence-electron chi connectivity index (χ1n) is 10.00. The minimum absolute atomic E-state index is 0.259. The third-order valence-electron chi connectivity index (χ3n) is 7.09. The largest absolute Gasteiger partial charge is 0.380 e. The van der Waals surface area contributed by atoms with Crippen LogP contribution < -0.4 is 0 Å². The van der Waals surface area contributed by atoms with E-state index in [1.165, 1.54) is 48.2 Å². The number of hydrogen-bond donors (Lipinski definition) is 1. The molecule has 2 aromatic carbocycles. The lowest BCUT2D eigenvalue weighted by molar-refractivity contribution is -0.0764. The molecule has 3 aliphatic rings. The summed E-state index contributed by atoms with van der Waals surface area (Å²) in [6.45, 7) is 12.0. The van der Waals surface area contributed by atoms with Crippen molar-refractivity contribution in [2.45, 2.75) is 46.1 Å². The fraction of sp³-hybridized carbons (Fsp3) is 0.500. The highest BCUT2D eigenvalue weighted by atomic mass is 16.3. The average Bonchev–Trinajstić information content (AvgIpc) is 2.66. The highest BCUT2D eigenvalue weighted by Gasteiger charge is 2.48. The summed E-state index contributed by atoms with van der Waals surface area (Å²) in [5.74, 6) is 0.863. The van der Waals surface area contributed by atoms with E-state index in [0.717, 1.165) is 17.7 Å². The Kier molecular flexibility index (Phi) is 4.45. The maximum Gasteiger partial charge on any atom is 0.119 e. The summed E-state index contributed by atoms with van der Waals surface area (Å²) in [5, 5.41) is 12.3. The van der Waals surface area contributed by atoms with Crippen LogP contribution in [0.1, 0.15) is 46.2 Å². The van der Waals surface area contributed by atoms with Crippen LogP contribution in [0.3, 0.4) is 0 Å². The SMILES string of the molecule is Cc1ccc(C(O)(c2ccc(C)c(C)c2)[C@H]2CN3CCC2CC3)cc1C. The van der Waals surface area contributed by atoms with Gasteiger partial charge >= 0.3 is 0 Å². The van der Waals surface area contributed by atoms with Crippen molar-refractivity contribution >= 4 is 0 Å². The molecule has 1 atom stereocenters. The summed E-state index contributed by atoms with van der Waals surface area (Å²) in [7, 11) is 0. The summed E-state index contributed by atoms with van der Waals surface area (Å²) in [4.78, 5) is 2.54. The molecule has 0 aliphatic carbocycles. The first kappa shape index (κ1) is 17.8. The van der Waals surface area contributed by atoms with Crippen molar-refractivity contribution in [1.82, 2.24) is 4.90 Å². The molecule has 2 heteroatoms. The predicted octanol–water partition coefficient (Wildman–Crippen LogP) is 4.50. The van der Waals surface area contributed by atoms with Crippen LogP contribution in [0.5, 0.6) is 0 Å². The van der Waals surface area contributed by atoms with Crippen LogP contribution in [0.4, 0.5) is 0 Å². The molecule has 1 N–H and O–H groups in total. The Balaban J connectivity index is 1.88. The summed E-state index contributed by atoms with van der Waals surface area (Å²) < 4.78 is 0. The van der Waals surface area contributed by atoms with Gasteiger partial charge < -0.3 is 10.0 Å². The van der Waals surface area contributed by atoms with Gasteiger partial charge in [-0.05, 0) is 92.9 Å². The number of piperidine rings is 3. The molecule has 2 bridgehead atoms. The van der Waals surface area contributed by atoms with Crippen LogP contribution in [0.25, 0.3) is 0 Å². The standard InChI is InChI=1S/C24H31NO/c1-16-5-7-21(13-18(16)3)24(26,22-8-6-17(2)19(4)14-22)23-15-25-11-9-20(23)10-12-25/h5-8,13-14,20,23,26H,9-12,15H2,1-4H3/t23-/m0/s1. The summed E-state index contributed by atoms with van der Waals surface area (Å²) in [6, 6.07) is 13.0. The van der Waals surface area contributed by atoms with Crippen molar-refractivity contribution in [3.8, 4) is 0 Å². The van der Waals surface area contributed by atoms with E-state index in [1.54, 1.807) is 0 Å². The zero-order valence-corrected chi connectivity index (χ0v) is 16.5. The quantitative estimate of drug-likeness (QED) is 0.882. The Morgan fingerprint density at radius 2 is 1.31 bits per heavy atom. The Morgan fingerprint density at radius 1 is 0.808 bits per heavy atom. The van der Waals surface area contributed by atoms with Crippen molar-refractivity contribution < 1.29 is 5.11 Å². The topological polar surface area (TPSA) is 23.5 Å². The second kappa shape index (κ2) is 6.51. The van der Waals surface area contributed by atoms with Crippen molar-refractivity contribution in [2.75, 3.05) is 19.6 Å². The van der Waals surface area contributed by atoms with Gasteiger partial charge in [-0.1, -0.05) is 36.4 Å². The molecule has 3 saturated heterocycles. The molecular formula is C24H31NO. The number of hydrogen-bond acceptors (Lipinski definition) is 2. The number of nitrogens with zero attached hydrogens (tertiary/aromatic N) is 1. The molecular weight excluding hydrogens is 318 g/mol. The maximum absolute atomic E-state index is 12.3. The van der Waals surface area contributed by atoms with E-state index in [0.29, 0.717) is 5.92 Å². The van der Waals surface area contributed by atoms with Gasteiger partial charge in [-0.3, -0.25) is 0 Å². The highest BCUT2D eigenvalue weighted by molar-refractivity contribution is 5.44. The van der Waals surface area contributed by atoms with Crippen molar-refractivity contribution in [2.24, 2.45) is 11.8 Å². The number of fused-ring (bicyclic) bond motifs is 3. The number of aryl methyl sites for hydroxylation is 4. The normalized spacial score (nSPS) is 25.5. The molecule has 138 valence electrons. The van der Waals surface area contributed by atoms with E-state index < -0.39 is 5.60 Å². The smallest absolute Gasteiger partial charge is 0.119 e. The van der Waals surface area contributed by atoms with Gasteiger partial charge in [0.05, 0.1) is 0 Å². The van der Waals surface area contributed by atoms with E-state index in [9.17, 15) is 5.11 Å². The van der Waals surface area contributed by atoms with Gasteiger partial charge in [-0.25, -0.2) is 0 Å². The predicted molar refractivity (Wildman–Crippen MR) is 107 cm³/mol. The molecule has 0 saturated carbocycles. The molecule has 5 rings (SSSR count). The van der Waals surface area contributed by atoms with Gasteiger partial charge in [0, 0.05) is 12.5 Å². The zero-order valence-electron chi connectivity index (χ0n) is 16.5. The van der Waals surface area contributed by atoms with Crippen molar-refractivity contribution in [3.05, 3.63) is 69.8 Å². The molecule has 3 heterocycles. The van der Waals surface area contributed by atoms with Gasteiger partial charge in [0.25, 0.3) is 0 Å². The molecule has 2 nitrogen and oxygen atoms in total. The highest BCUT2D eigenvalue weighted by Crippen LogP contribution is 2.47. The van der Waals surface area contributed by atoms with Crippen LogP contribution in [0.15, 0.2) is 36.4 Å². The molecule has 0 spiro atoms. The molecule has 26 heavy (non-hydrogen) atoms. The Bertz CT molecular complexity index is 765. The van der Waals surface area contributed by atoms with E-state index >= 15 is 0 Å². The molecule has 2 aromatic rings. The summed E-state index contributed by atoms with van der Waals surface area (Å²) in [5.41, 5.74) is 6.28. The van der Waals surface area contributed by atoms with Crippen molar-refractivity contribution in [3.63, 3.8) is 0 Å². The molecule has 3 fully saturated rings. The Morgan fingerprint density at radius 3 is 1.69 bits per heavy atom. The van der Waals surface area contributed by atoms with Gasteiger partial charge in [0.15, 0.2) is 0 Å². The second-order valence-electron chi connectivity index (χ2n) is 8.61. The van der Waals surface area contributed by atoms with Crippen LogP contribution in [-0.4, -0.2) is 29.6 Å².